The Morgan fingerprint density at radius 2 is 1.76 bits per heavy atom. The van der Waals surface area contributed by atoms with Crippen LogP contribution in [0.1, 0.15) is 26.2 Å². The van der Waals surface area contributed by atoms with Gasteiger partial charge in [-0.05, 0) is 54.1 Å². The fourth-order valence-corrected chi connectivity index (χ4v) is 6.11. The van der Waals surface area contributed by atoms with E-state index in [0.29, 0.717) is 13.1 Å². The van der Waals surface area contributed by atoms with Crippen molar-refractivity contribution in [3.8, 4) is 0 Å². The Labute approximate surface area is 225 Å². The van der Waals surface area contributed by atoms with Gasteiger partial charge < -0.3 is 4.90 Å². The van der Waals surface area contributed by atoms with Gasteiger partial charge in [-0.15, -0.1) is 0 Å². The summed E-state index contributed by atoms with van der Waals surface area (Å²) in [5.74, 6) is -1.28. The molecule has 1 fully saturated rings. The van der Waals surface area contributed by atoms with Crippen molar-refractivity contribution in [3.63, 3.8) is 0 Å². The van der Waals surface area contributed by atoms with Crippen LogP contribution in [0.5, 0.6) is 0 Å². The molecule has 0 radical (unpaired) electrons. The summed E-state index contributed by atoms with van der Waals surface area (Å²) in [5.41, 5.74) is 0.969. The zero-order valence-electron chi connectivity index (χ0n) is 20.2. The summed E-state index contributed by atoms with van der Waals surface area (Å²) in [5, 5.41) is 5.74. The minimum absolute atomic E-state index is 0.0118. The third-order valence-electron chi connectivity index (χ3n) is 5.94. The van der Waals surface area contributed by atoms with Crippen LogP contribution in [0, 0.1) is 0 Å². The van der Waals surface area contributed by atoms with Gasteiger partial charge in [0, 0.05) is 18.0 Å². The van der Waals surface area contributed by atoms with Gasteiger partial charge >= 0.3 is 0 Å². The van der Waals surface area contributed by atoms with E-state index in [4.69, 9.17) is 16.8 Å². The molecule has 2 N–H and O–H groups in total. The van der Waals surface area contributed by atoms with Crippen molar-refractivity contribution in [1.82, 2.24) is 10.2 Å². The van der Waals surface area contributed by atoms with Gasteiger partial charge in [-0.2, -0.15) is 8.42 Å². The van der Waals surface area contributed by atoms with Crippen LogP contribution in [0.25, 0.3) is 10.8 Å². The van der Waals surface area contributed by atoms with Crippen LogP contribution >= 0.6 is 24.0 Å². The predicted octanol–water partition coefficient (Wildman–Crippen LogP) is 4.40. The van der Waals surface area contributed by atoms with Gasteiger partial charge in [0.25, 0.3) is 21.9 Å². The lowest BCUT2D eigenvalue weighted by molar-refractivity contribution is -0.129. The molecule has 2 aliphatic heterocycles. The van der Waals surface area contributed by atoms with E-state index in [0.717, 1.165) is 39.2 Å². The molecule has 2 aromatic carbocycles. The maximum Gasteiger partial charge on any atom is 0.265 e. The lowest BCUT2D eigenvalue weighted by Crippen LogP contribution is -2.54. The Bertz CT molecular complexity index is 1450. The lowest BCUT2D eigenvalue weighted by atomic mass is 10.1. The Hall–Kier alpha value is -2.99. The number of nitrogens with zero attached hydrogens (tertiary/aromatic N) is 2. The van der Waals surface area contributed by atoms with Crippen molar-refractivity contribution in [2.45, 2.75) is 31.1 Å². The zero-order chi connectivity index (χ0) is 26.6. The van der Waals surface area contributed by atoms with E-state index < -0.39 is 21.9 Å². The topological polar surface area (TPSA) is 107 Å². The number of rotatable bonds is 9. The third kappa shape index (κ3) is 6.30. The highest BCUT2D eigenvalue weighted by atomic mass is 32.2. The second kappa shape index (κ2) is 11.6. The molecule has 0 saturated carbocycles. The molecule has 0 aliphatic carbocycles. The van der Waals surface area contributed by atoms with Gasteiger partial charge in [0.15, 0.2) is 5.11 Å². The van der Waals surface area contributed by atoms with Gasteiger partial charge in [-0.1, -0.05) is 67.6 Å². The lowest BCUT2D eigenvalue weighted by Gasteiger charge is -2.28. The van der Waals surface area contributed by atoms with E-state index in [-0.39, 0.29) is 22.9 Å². The maximum atomic E-state index is 12.8. The van der Waals surface area contributed by atoms with Crippen LogP contribution in [0.15, 0.2) is 76.2 Å². The molecule has 11 heteroatoms. The SMILES string of the molecule is CCCCN1C(=O)C(=CC=CC=C2Sc3c(ccc4ccccc34)N2CCCS(=O)(=O)O)C(=O)NC1=S. The number of thioether (sulfide) groups is 1. The van der Waals surface area contributed by atoms with E-state index in [1.165, 1.54) is 11.0 Å². The van der Waals surface area contributed by atoms with Gasteiger partial charge in [0.05, 0.1) is 16.5 Å². The second-order valence-electron chi connectivity index (χ2n) is 8.57. The summed E-state index contributed by atoms with van der Waals surface area (Å²) < 4.78 is 31.7. The van der Waals surface area contributed by atoms with Crippen molar-refractivity contribution in [2.24, 2.45) is 0 Å². The molecule has 37 heavy (non-hydrogen) atoms. The Morgan fingerprint density at radius 1 is 1.03 bits per heavy atom. The smallest absolute Gasteiger partial charge is 0.265 e. The Morgan fingerprint density at radius 3 is 2.51 bits per heavy atom. The summed E-state index contributed by atoms with van der Waals surface area (Å²) in [7, 11) is -4.06. The minimum atomic E-state index is -4.06. The molecule has 0 unspecified atom stereocenters. The van der Waals surface area contributed by atoms with Crippen molar-refractivity contribution in [3.05, 3.63) is 71.3 Å². The Kier molecular flexibility index (Phi) is 8.48. The number of unbranched alkanes of at least 4 members (excludes halogenated alkanes) is 1. The summed E-state index contributed by atoms with van der Waals surface area (Å²) in [6.45, 7) is 2.85. The largest absolute Gasteiger partial charge is 0.335 e. The van der Waals surface area contributed by atoms with E-state index in [2.05, 4.69) is 5.32 Å². The van der Waals surface area contributed by atoms with Gasteiger partial charge in [-0.3, -0.25) is 24.4 Å². The number of benzene rings is 2. The highest BCUT2D eigenvalue weighted by Gasteiger charge is 2.32. The van der Waals surface area contributed by atoms with Gasteiger partial charge in [-0.25, -0.2) is 0 Å². The first-order valence-electron chi connectivity index (χ1n) is 11.9. The molecular formula is C26H27N3O5S3. The number of allylic oxidation sites excluding steroid dienone is 4. The molecule has 0 aromatic heterocycles. The van der Waals surface area contributed by atoms with Gasteiger partial charge in [0.2, 0.25) is 0 Å². The van der Waals surface area contributed by atoms with Crippen molar-refractivity contribution in [2.75, 3.05) is 23.7 Å². The van der Waals surface area contributed by atoms with E-state index in [1.807, 2.05) is 54.3 Å². The number of fused-ring (bicyclic) bond motifs is 3. The molecule has 2 aromatic rings. The fraction of sp³-hybridized carbons (Fsp3) is 0.269. The first-order valence-corrected chi connectivity index (χ1v) is 14.7. The molecule has 2 heterocycles. The first-order chi connectivity index (χ1) is 17.7. The van der Waals surface area contributed by atoms with Crippen LogP contribution in [-0.2, 0) is 19.7 Å². The fourth-order valence-electron chi connectivity index (χ4n) is 4.11. The Balaban J connectivity index is 1.59. The predicted molar refractivity (Wildman–Crippen MR) is 151 cm³/mol. The van der Waals surface area contributed by atoms with Crippen LogP contribution in [-0.4, -0.2) is 53.6 Å². The summed E-state index contributed by atoms with van der Waals surface area (Å²) >= 11 is 6.71. The number of carbonyl (C=O) groups excluding carboxylic acids is 2. The number of carbonyl (C=O) groups is 2. The summed E-state index contributed by atoms with van der Waals surface area (Å²) in [6, 6.07) is 12.1. The second-order valence-corrected chi connectivity index (χ2v) is 11.6. The van der Waals surface area contributed by atoms with Gasteiger partial charge in [0.1, 0.15) is 5.57 Å². The highest BCUT2D eigenvalue weighted by Crippen LogP contribution is 2.49. The number of amides is 2. The van der Waals surface area contributed by atoms with E-state index in [1.54, 1.807) is 23.9 Å². The molecule has 2 amide bonds. The monoisotopic (exact) mass is 557 g/mol. The van der Waals surface area contributed by atoms with E-state index in [9.17, 15) is 18.0 Å². The normalized spacial score (nSPS) is 18.5. The average Bonchev–Trinajstić information content (AvgIpc) is 3.20. The van der Waals surface area contributed by atoms with Crippen LogP contribution in [0.4, 0.5) is 5.69 Å². The number of anilines is 1. The third-order valence-corrected chi connectivity index (χ3v) is 8.27. The van der Waals surface area contributed by atoms with Crippen molar-refractivity contribution >= 4 is 67.5 Å². The molecule has 1 saturated heterocycles. The zero-order valence-corrected chi connectivity index (χ0v) is 22.7. The minimum Gasteiger partial charge on any atom is -0.335 e. The van der Waals surface area contributed by atoms with Crippen LogP contribution in [0.3, 0.4) is 0 Å². The maximum absolute atomic E-state index is 12.8. The van der Waals surface area contributed by atoms with Crippen molar-refractivity contribution < 1.29 is 22.6 Å². The van der Waals surface area contributed by atoms with Crippen LogP contribution < -0.4 is 10.2 Å². The molecule has 0 spiro atoms. The molecule has 4 rings (SSSR count). The molecule has 8 nitrogen and oxygen atoms in total. The molecule has 2 aliphatic rings. The van der Waals surface area contributed by atoms with E-state index >= 15 is 0 Å². The highest BCUT2D eigenvalue weighted by molar-refractivity contribution is 8.04. The quantitative estimate of drug-likeness (QED) is 0.202. The number of hydrogen-bond donors (Lipinski definition) is 2. The standard InChI is InChI=1S/C26H27N3O5S3/c1-2-3-15-29-25(31)20(24(30)27-26(29)35)11-6-7-12-22-28(16-8-17-37(32,33)34)21-14-13-18-9-4-5-10-19(18)23(21)36-22/h4-7,9-14H,2-3,8,15-17H2,1H3,(H,27,30,35)(H,32,33,34). The summed E-state index contributed by atoms with van der Waals surface area (Å²) in [6.07, 6.45) is 8.61. The molecule has 0 atom stereocenters. The molecular weight excluding hydrogens is 531 g/mol. The summed E-state index contributed by atoms with van der Waals surface area (Å²) in [4.78, 5) is 29.6. The first kappa shape index (κ1) is 27.1. The van der Waals surface area contributed by atoms with Crippen molar-refractivity contribution in [1.29, 1.82) is 0 Å². The van der Waals surface area contributed by atoms with Crippen LogP contribution in [0.2, 0.25) is 0 Å². The molecule has 194 valence electrons. The average molecular weight is 558 g/mol. The number of hydrogen-bond acceptors (Lipinski definition) is 7. The molecule has 0 bridgehead atoms. The number of nitrogens with one attached hydrogen (secondary N) is 1. The number of thiocarbonyl (C=S) groups is 1.